The van der Waals surface area contributed by atoms with Gasteiger partial charge in [0.25, 0.3) is 0 Å². The Morgan fingerprint density at radius 2 is 2.20 bits per heavy atom. The zero-order chi connectivity index (χ0) is 11.1. The van der Waals surface area contributed by atoms with Crippen molar-refractivity contribution in [1.29, 1.82) is 0 Å². The summed E-state index contributed by atoms with van der Waals surface area (Å²) in [7, 11) is 0. The molecule has 1 N–H and O–H groups in total. The molecule has 3 nitrogen and oxygen atoms in total. The van der Waals surface area contributed by atoms with Crippen LogP contribution in [0.2, 0.25) is 0 Å². The maximum Gasteiger partial charge on any atom is 0.0809 e. The topological polar surface area (TPSA) is 30.5 Å². The molecule has 2 atom stereocenters. The average molecular weight is 215 g/mol. The van der Waals surface area contributed by atoms with Crippen molar-refractivity contribution in [3.05, 3.63) is 0 Å². The number of rotatable bonds is 7. The van der Waals surface area contributed by atoms with Crippen molar-refractivity contribution in [2.75, 3.05) is 26.4 Å². The van der Waals surface area contributed by atoms with Crippen LogP contribution in [-0.4, -0.2) is 38.5 Å². The highest BCUT2D eigenvalue weighted by atomic mass is 16.5. The zero-order valence-electron chi connectivity index (χ0n) is 10.3. The van der Waals surface area contributed by atoms with Crippen LogP contribution in [0, 0.1) is 5.92 Å². The molecule has 0 bridgehead atoms. The van der Waals surface area contributed by atoms with Crippen molar-refractivity contribution in [1.82, 2.24) is 5.32 Å². The molecule has 1 saturated heterocycles. The summed E-state index contributed by atoms with van der Waals surface area (Å²) >= 11 is 0. The summed E-state index contributed by atoms with van der Waals surface area (Å²) in [5.74, 6) is 0.683. The third-order valence-corrected chi connectivity index (χ3v) is 3.04. The fourth-order valence-electron chi connectivity index (χ4n) is 1.59. The SMILES string of the molecule is CC(C)C(C)NCCOCC1CCCO1. The maximum atomic E-state index is 5.56. The van der Waals surface area contributed by atoms with E-state index in [4.69, 9.17) is 9.47 Å². The molecule has 0 aliphatic carbocycles. The fourth-order valence-corrected chi connectivity index (χ4v) is 1.59. The molecule has 0 aromatic heterocycles. The van der Waals surface area contributed by atoms with Gasteiger partial charge in [0.05, 0.1) is 19.3 Å². The van der Waals surface area contributed by atoms with E-state index >= 15 is 0 Å². The monoisotopic (exact) mass is 215 g/mol. The molecule has 0 radical (unpaired) electrons. The number of ether oxygens (including phenoxy) is 2. The first kappa shape index (κ1) is 12.9. The quantitative estimate of drug-likeness (QED) is 0.657. The Bertz CT molecular complexity index is 152. The highest BCUT2D eigenvalue weighted by Crippen LogP contribution is 2.11. The lowest BCUT2D eigenvalue weighted by Gasteiger charge is -2.17. The molecule has 1 aliphatic rings. The summed E-state index contributed by atoms with van der Waals surface area (Å²) < 4.78 is 11.0. The second-order valence-electron chi connectivity index (χ2n) is 4.70. The van der Waals surface area contributed by atoms with Crippen molar-refractivity contribution in [3.8, 4) is 0 Å². The summed E-state index contributed by atoms with van der Waals surface area (Å²) in [6.07, 6.45) is 2.71. The third kappa shape index (κ3) is 5.50. The number of nitrogens with one attached hydrogen (secondary N) is 1. The van der Waals surface area contributed by atoms with Gasteiger partial charge in [-0.05, 0) is 25.7 Å². The van der Waals surface area contributed by atoms with Crippen LogP contribution >= 0.6 is 0 Å². The van der Waals surface area contributed by atoms with Gasteiger partial charge in [0.1, 0.15) is 0 Å². The standard InChI is InChI=1S/C12H25NO2/c1-10(2)11(3)13-6-8-14-9-12-5-4-7-15-12/h10-13H,4-9H2,1-3H3. The molecular formula is C12H25NO2. The van der Waals surface area contributed by atoms with Gasteiger partial charge in [-0.3, -0.25) is 0 Å². The minimum absolute atomic E-state index is 0.354. The highest BCUT2D eigenvalue weighted by molar-refractivity contribution is 4.65. The van der Waals surface area contributed by atoms with E-state index < -0.39 is 0 Å². The molecule has 0 amide bonds. The zero-order valence-corrected chi connectivity index (χ0v) is 10.3. The van der Waals surface area contributed by atoms with Gasteiger partial charge in [-0.15, -0.1) is 0 Å². The van der Waals surface area contributed by atoms with Crippen LogP contribution in [0.25, 0.3) is 0 Å². The number of hydrogen-bond donors (Lipinski definition) is 1. The molecule has 0 aromatic rings. The van der Waals surface area contributed by atoms with E-state index in [9.17, 15) is 0 Å². The summed E-state index contributed by atoms with van der Waals surface area (Å²) in [4.78, 5) is 0. The van der Waals surface area contributed by atoms with Gasteiger partial charge in [0, 0.05) is 19.2 Å². The van der Waals surface area contributed by atoms with Gasteiger partial charge in [0.2, 0.25) is 0 Å². The van der Waals surface area contributed by atoms with E-state index in [0.717, 1.165) is 32.8 Å². The van der Waals surface area contributed by atoms with Gasteiger partial charge in [-0.25, -0.2) is 0 Å². The molecule has 1 rings (SSSR count). The van der Waals surface area contributed by atoms with E-state index in [-0.39, 0.29) is 0 Å². The first-order valence-corrected chi connectivity index (χ1v) is 6.13. The first-order valence-electron chi connectivity index (χ1n) is 6.13. The van der Waals surface area contributed by atoms with Crippen LogP contribution in [0.15, 0.2) is 0 Å². The van der Waals surface area contributed by atoms with Crippen molar-refractivity contribution in [2.45, 2.75) is 45.8 Å². The second-order valence-corrected chi connectivity index (χ2v) is 4.70. The Morgan fingerprint density at radius 1 is 1.40 bits per heavy atom. The largest absolute Gasteiger partial charge is 0.377 e. The van der Waals surface area contributed by atoms with Gasteiger partial charge in [-0.2, -0.15) is 0 Å². The minimum atomic E-state index is 0.354. The summed E-state index contributed by atoms with van der Waals surface area (Å²) in [5, 5.41) is 3.44. The molecule has 15 heavy (non-hydrogen) atoms. The Morgan fingerprint density at radius 3 is 2.80 bits per heavy atom. The third-order valence-electron chi connectivity index (χ3n) is 3.04. The lowest BCUT2D eigenvalue weighted by molar-refractivity contribution is 0.0177. The van der Waals surface area contributed by atoms with Crippen LogP contribution in [0.4, 0.5) is 0 Å². The van der Waals surface area contributed by atoms with Crippen LogP contribution in [0.5, 0.6) is 0 Å². The van der Waals surface area contributed by atoms with E-state index in [2.05, 4.69) is 26.1 Å². The minimum Gasteiger partial charge on any atom is -0.377 e. The molecule has 0 saturated carbocycles. The Hall–Kier alpha value is -0.120. The highest BCUT2D eigenvalue weighted by Gasteiger charge is 2.15. The van der Waals surface area contributed by atoms with Gasteiger partial charge in [0.15, 0.2) is 0 Å². The van der Waals surface area contributed by atoms with Gasteiger partial charge < -0.3 is 14.8 Å². The predicted molar refractivity (Wildman–Crippen MR) is 62.1 cm³/mol. The summed E-state index contributed by atoms with van der Waals surface area (Å²) in [6.45, 7) is 10.1. The molecule has 1 heterocycles. The van der Waals surface area contributed by atoms with Crippen molar-refractivity contribution < 1.29 is 9.47 Å². The van der Waals surface area contributed by atoms with E-state index in [1.807, 2.05) is 0 Å². The Balaban J connectivity index is 1.88. The van der Waals surface area contributed by atoms with Crippen LogP contribution < -0.4 is 5.32 Å². The molecule has 0 spiro atoms. The molecule has 90 valence electrons. The Kier molecular flexibility index (Phi) is 6.22. The molecule has 1 fully saturated rings. The summed E-state index contributed by atoms with van der Waals surface area (Å²) in [6, 6.07) is 0.566. The smallest absolute Gasteiger partial charge is 0.0809 e. The van der Waals surface area contributed by atoms with Gasteiger partial charge >= 0.3 is 0 Å². The van der Waals surface area contributed by atoms with Crippen molar-refractivity contribution in [3.63, 3.8) is 0 Å². The Labute approximate surface area is 93.5 Å². The molecule has 2 unspecified atom stereocenters. The van der Waals surface area contributed by atoms with Crippen molar-refractivity contribution >= 4 is 0 Å². The van der Waals surface area contributed by atoms with E-state index in [0.29, 0.717) is 18.1 Å². The van der Waals surface area contributed by atoms with Crippen molar-refractivity contribution in [2.24, 2.45) is 5.92 Å². The molecule has 1 aliphatic heterocycles. The van der Waals surface area contributed by atoms with E-state index in [1.165, 1.54) is 6.42 Å². The normalized spacial score (nSPS) is 23.6. The van der Waals surface area contributed by atoms with Crippen LogP contribution in [0.1, 0.15) is 33.6 Å². The lowest BCUT2D eigenvalue weighted by atomic mass is 10.1. The lowest BCUT2D eigenvalue weighted by Crippen LogP contribution is -2.33. The molecular weight excluding hydrogens is 190 g/mol. The van der Waals surface area contributed by atoms with Gasteiger partial charge in [-0.1, -0.05) is 13.8 Å². The second kappa shape index (κ2) is 7.20. The average Bonchev–Trinajstić information content (AvgIpc) is 2.69. The van der Waals surface area contributed by atoms with Crippen LogP contribution in [-0.2, 0) is 9.47 Å². The maximum absolute atomic E-state index is 5.56. The first-order chi connectivity index (χ1) is 7.20. The van der Waals surface area contributed by atoms with Crippen LogP contribution in [0.3, 0.4) is 0 Å². The van der Waals surface area contributed by atoms with E-state index in [1.54, 1.807) is 0 Å². The molecule has 3 heteroatoms. The summed E-state index contributed by atoms with van der Waals surface area (Å²) in [5.41, 5.74) is 0. The fraction of sp³-hybridized carbons (Fsp3) is 1.00. The number of hydrogen-bond acceptors (Lipinski definition) is 3. The molecule has 0 aromatic carbocycles. The predicted octanol–water partition coefficient (Wildman–Crippen LogP) is 1.82.